The van der Waals surface area contributed by atoms with Crippen LogP contribution >= 0.6 is 0 Å². The summed E-state index contributed by atoms with van der Waals surface area (Å²) in [4.78, 5) is 38.7. The molecule has 2 aliphatic heterocycles. The number of likely N-dealkylation sites (tertiary alicyclic amines) is 2. The summed E-state index contributed by atoms with van der Waals surface area (Å²) >= 11 is 0. The molecule has 0 saturated carbocycles. The number of hydrogen-bond acceptors (Lipinski definition) is 13. The largest absolute Gasteiger partial charge is 0.474 e. The molecule has 8 rings (SSSR count). The summed E-state index contributed by atoms with van der Waals surface area (Å²) in [5.41, 5.74) is 11.7. The Labute approximate surface area is 388 Å². The zero-order valence-corrected chi connectivity index (χ0v) is 40.3. The van der Waals surface area contributed by atoms with E-state index < -0.39 is 31.9 Å². The van der Waals surface area contributed by atoms with Crippen LogP contribution in [0.2, 0.25) is 0 Å². The van der Waals surface area contributed by atoms with Crippen LogP contribution in [-0.2, 0) is 45.5 Å². The van der Waals surface area contributed by atoms with Crippen molar-refractivity contribution in [1.82, 2.24) is 29.2 Å². The number of benzene rings is 2. The molecule has 2 unspecified atom stereocenters. The van der Waals surface area contributed by atoms with Crippen LogP contribution in [0.3, 0.4) is 0 Å². The Kier molecular flexibility index (Phi) is 15.2. The number of anilines is 2. The second-order valence-corrected chi connectivity index (χ2v) is 21.7. The van der Waals surface area contributed by atoms with Crippen molar-refractivity contribution in [2.24, 2.45) is 4.36 Å². The number of ether oxygens (including phenoxy) is 2. The molecule has 19 heteroatoms. The van der Waals surface area contributed by atoms with Crippen LogP contribution in [0.15, 0.2) is 53.2 Å². The highest BCUT2D eigenvalue weighted by atomic mass is 32.2. The van der Waals surface area contributed by atoms with E-state index in [1.165, 1.54) is 29.8 Å². The lowest BCUT2D eigenvalue weighted by atomic mass is 9.93. The Morgan fingerprint density at radius 3 is 1.56 bits per heavy atom. The number of nitrogens with one attached hydrogen (secondary N) is 5. The highest BCUT2D eigenvalue weighted by Crippen LogP contribution is 2.42. The molecule has 2 atom stereocenters. The van der Waals surface area contributed by atoms with E-state index in [1.54, 1.807) is 12.4 Å². The maximum absolute atomic E-state index is 12.7. The number of aromatic nitrogens is 2. The predicted octanol–water partition coefficient (Wildman–Crippen LogP) is 7.37. The molecule has 4 aromatic rings. The van der Waals surface area contributed by atoms with Gasteiger partial charge in [-0.15, -0.1) is 4.36 Å². The number of hydrogen-bond donors (Lipinski definition) is 5. The van der Waals surface area contributed by atoms with Crippen LogP contribution in [0.1, 0.15) is 71.9 Å². The van der Waals surface area contributed by atoms with Gasteiger partial charge >= 0.3 is 12.1 Å². The summed E-state index contributed by atoms with van der Waals surface area (Å²) in [5.74, 6) is 1.14. The van der Waals surface area contributed by atoms with Gasteiger partial charge in [-0.1, -0.05) is 12.1 Å². The molecule has 2 fully saturated rings. The van der Waals surface area contributed by atoms with Crippen molar-refractivity contribution in [3.05, 3.63) is 82.2 Å². The summed E-state index contributed by atoms with van der Waals surface area (Å²) in [6.07, 6.45) is 17.1. The van der Waals surface area contributed by atoms with Crippen molar-refractivity contribution < 1.29 is 27.5 Å². The fourth-order valence-corrected chi connectivity index (χ4v) is 10.3. The third-order valence-electron chi connectivity index (χ3n) is 12.4. The number of nitrogens with zero attached hydrogens (tertiary/aromatic N) is 6. The van der Waals surface area contributed by atoms with Crippen LogP contribution < -0.4 is 29.6 Å². The van der Waals surface area contributed by atoms with Crippen molar-refractivity contribution in [2.45, 2.75) is 90.3 Å². The molecule has 0 radical (unpaired) electrons. The molecule has 2 aliphatic carbocycles. The Hall–Kier alpha value is -5.81. The fraction of sp³-hybridized carbons (Fsp3) is 0.468. The number of aryl methyl sites for hydroxylation is 4. The third-order valence-corrected chi connectivity index (χ3v) is 14.0. The number of rotatable bonds is 10. The van der Waals surface area contributed by atoms with Gasteiger partial charge in [0.05, 0.1) is 11.4 Å². The molecule has 2 aromatic heterocycles. The van der Waals surface area contributed by atoms with Gasteiger partial charge in [0, 0.05) is 74.3 Å². The van der Waals surface area contributed by atoms with Gasteiger partial charge in [0.2, 0.25) is 18.0 Å². The SMILES string of the molecule is Cc1cc2c(c(NC(=O)NS(C)(=N)=O)c1-c1ccnc(OC3CCN(C)CC3)c1)CCC2.Cc1cc2c(c(NC(=O)NS(C)(=O)=NC#N)c1-c1ccnc(OC3CCN(C)CC3)c1)CCC2. The third kappa shape index (κ3) is 12.3. The van der Waals surface area contributed by atoms with Gasteiger partial charge in [0.15, 0.2) is 0 Å². The second kappa shape index (κ2) is 20.8. The first kappa shape index (κ1) is 48.1. The van der Waals surface area contributed by atoms with Crippen molar-refractivity contribution in [3.8, 4) is 40.2 Å². The second-order valence-electron chi connectivity index (χ2n) is 17.8. The minimum absolute atomic E-state index is 0.130. The topological polar surface area (TPSA) is 227 Å². The minimum atomic E-state index is -3.17. The molecule has 4 amide bonds. The Balaban J connectivity index is 0.000000197. The number of piperidine rings is 2. The maximum Gasteiger partial charge on any atom is 0.331 e. The number of nitriles is 1. The van der Waals surface area contributed by atoms with E-state index in [1.807, 2.05) is 38.1 Å². The van der Waals surface area contributed by atoms with E-state index >= 15 is 0 Å². The Bertz CT molecular complexity index is 2750. The van der Waals surface area contributed by atoms with Gasteiger partial charge in [0.1, 0.15) is 32.0 Å². The highest BCUT2D eigenvalue weighted by molar-refractivity contribution is 7.91. The first-order valence-corrected chi connectivity index (χ1v) is 26.3. The number of carbonyl (C=O) groups excluding carboxylic acids is 2. The van der Waals surface area contributed by atoms with E-state index in [4.69, 9.17) is 19.5 Å². The molecule has 66 heavy (non-hydrogen) atoms. The number of carbonyl (C=O) groups is 2. The van der Waals surface area contributed by atoms with E-state index in [0.717, 1.165) is 141 Å². The van der Waals surface area contributed by atoms with Gasteiger partial charge in [-0.2, -0.15) is 5.26 Å². The normalized spacial score (nSPS) is 18.2. The van der Waals surface area contributed by atoms with Crippen molar-refractivity contribution in [1.29, 1.82) is 10.0 Å². The molecule has 352 valence electrons. The van der Waals surface area contributed by atoms with Crippen LogP contribution in [0.25, 0.3) is 22.3 Å². The monoisotopic (exact) mass is 939 g/mol. The minimum Gasteiger partial charge on any atom is -0.474 e. The highest BCUT2D eigenvalue weighted by Gasteiger charge is 2.27. The molecule has 0 bridgehead atoms. The first-order valence-electron chi connectivity index (χ1n) is 22.4. The summed E-state index contributed by atoms with van der Waals surface area (Å²) in [6.45, 7) is 8.06. The molecular weight excluding hydrogens is 879 g/mol. The molecule has 17 nitrogen and oxygen atoms in total. The lowest BCUT2D eigenvalue weighted by Crippen LogP contribution is -2.35. The molecule has 5 N–H and O–H groups in total. The molecule has 2 saturated heterocycles. The summed E-state index contributed by atoms with van der Waals surface area (Å²) in [7, 11) is -2.10. The molecule has 2 aromatic carbocycles. The van der Waals surface area contributed by atoms with E-state index in [0.29, 0.717) is 17.4 Å². The average Bonchev–Trinajstić information content (AvgIpc) is 3.92. The maximum atomic E-state index is 12.7. The zero-order chi connectivity index (χ0) is 47.2. The van der Waals surface area contributed by atoms with Gasteiger partial charge in [-0.05, 0) is 149 Å². The quantitative estimate of drug-likeness (QED) is 0.0987. The lowest BCUT2D eigenvalue weighted by molar-refractivity contribution is 0.110. The number of amides is 4. The van der Waals surface area contributed by atoms with E-state index in [2.05, 4.69) is 70.4 Å². The van der Waals surface area contributed by atoms with Gasteiger partial charge in [-0.25, -0.2) is 37.5 Å². The summed E-state index contributed by atoms with van der Waals surface area (Å²) in [6, 6.07) is 10.7. The number of urea groups is 2. The van der Waals surface area contributed by atoms with E-state index in [9.17, 15) is 18.0 Å². The van der Waals surface area contributed by atoms with Crippen molar-refractivity contribution in [3.63, 3.8) is 0 Å². The molecule has 0 spiro atoms. The Morgan fingerprint density at radius 1 is 0.727 bits per heavy atom. The number of fused-ring (bicyclic) bond motifs is 2. The number of pyridine rings is 2. The Morgan fingerprint density at radius 2 is 1.15 bits per heavy atom. The summed E-state index contributed by atoms with van der Waals surface area (Å²) in [5, 5.41) is 14.5. The van der Waals surface area contributed by atoms with Gasteiger partial charge < -0.3 is 29.9 Å². The predicted molar refractivity (Wildman–Crippen MR) is 258 cm³/mol. The van der Waals surface area contributed by atoms with Gasteiger partial charge in [0.25, 0.3) is 0 Å². The molecule has 4 aliphatic rings. The van der Waals surface area contributed by atoms with Crippen LogP contribution in [0, 0.1) is 30.1 Å². The van der Waals surface area contributed by atoms with Crippen LogP contribution in [0.4, 0.5) is 21.0 Å². The lowest BCUT2D eigenvalue weighted by Gasteiger charge is -2.29. The van der Waals surface area contributed by atoms with Crippen molar-refractivity contribution in [2.75, 3.05) is 63.4 Å². The van der Waals surface area contributed by atoms with E-state index in [-0.39, 0.29) is 12.2 Å². The fourth-order valence-electron chi connectivity index (χ4n) is 9.34. The summed E-state index contributed by atoms with van der Waals surface area (Å²) < 4.78 is 51.8. The average molecular weight is 940 g/mol. The smallest absolute Gasteiger partial charge is 0.331 e. The molecule has 4 heterocycles. The van der Waals surface area contributed by atoms with Crippen LogP contribution in [0.5, 0.6) is 11.8 Å². The first-order chi connectivity index (χ1) is 31.4. The molecular formula is C47H61N11O6S2. The standard InChI is InChI=1S/C24H30N6O3S.C23H31N5O3S/c1-16-13-17-5-4-6-20(17)23(28-24(31)29-34(3,32)27-15-25)22(16)18-7-10-26-21(14-18)33-19-8-11-30(2)12-9-19;1-15-13-16-5-4-6-19(16)22(26-23(29)27-32(3,24)30)21(15)17-7-10-25-20(14-17)31-18-8-11-28(2)12-9-18/h7,10,13-14,19H,4-6,8-9,11-12H2,1-3H3,(H2,27,28,29,31,32);7,10,13-14,18H,4-6,8-9,11-12H2,1-3H3,(H3,24,26,27,29,30). The zero-order valence-electron chi connectivity index (χ0n) is 38.6. The van der Waals surface area contributed by atoms with Crippen LogP contribution in [-0.4, -0.2) is 105 Å². The van der Waals surface area contributed by atoms with Crippen molar-refractivity contribution >= 4 is 43.3 Å². The van der Waals surface area contributed by atoms with Gasteiger partial charge in [-0.3, -0.25) is 4.72 Å².